The zero-order valence-corrected chi connectivity index (χ0v) is 17.2. The largest absolute Gasteiger partial charge is 0.424 e. The fourth-order valence-electron chi connectivity index (χ4n) is 4.42. The van der Waals surface area contributed by atoms with Crippen LogP contribution in [-0.2, 0) is 9.59 Å². The summed E-state index contributed by atoms with van der Waals surface area (Å²) in [6.07, 6.45) is 6.76. The summed E-state index contributed by atoms with van der Waals surface area (Å²) in [4.78, 5) is 49.6. The lowest BCUT2D eigenvalue weighted by molar-refractivity contribution is -0.142. The van der Waals surface area contributed by atoms with Gasteiger partial charge in [-0.3, -0.25) is 19.3 Å². The van der Waals surface area contributed by atoms with E-state index in [0.717, 1.165) is 12.8 Å². The van der Waals surface area contributed by atoms with Crippen molar-refractivity contribution < 1.29 is 19.1 Å². The van der Waals surface area contributed by atoms with Gasteiger partial charge >= 0.3 is 6.01 Å². The Balaban J connectivity index is 1.20. The van der Waals surface area contributed by atoms with Crippen molar-refractivity contribution in [2.24, 2.45) is 11.3 Å². The minimum absolute atomic E-state index is 0.0267. The number of rotatable bonds is 5. The molecule has 2 aromatic rings. The lowest BCUT2D eigenvalue weighted by atomic mass is 9.77. The van der Waals surface area contributed by atoms with Gasteiger partial charge in [0, 0.05) is 44.0 Å². The van der Waals surface area contributed by atoms with Gasteiger partial charge in [-0.1, -0.05) is 0 Å². The molecule has 160 valence electrons. The van der Waals surface area contributed by atoms with Crippen LogP contribution >= 0.6 is 0 Å². The van der Waals surface area contributed by atoms with Gasteiger partial charge in [-0.05, 0) is 61.9 Å². The van der Waals surface area contributed by atoms with Crippen LogP contribution in [0.1, 0.15) is 42.5 Å². The predicted molar refractivity (Wildman–Crippen MR) is 110 cm³/mol. The molecule has 0 bridgehead atoms. The second-order valence-electron chi connectivity index (χ2n) is 8.66. The van der Waals surface area contributed by atoms with Gasteiger partial charge in [0.1, 0.15) is 5.75 Å². The molecule has 2 aliphatic heterocycles. The number of benzene rings is 1. The molecule has 31 heavy (non-hydrogen) atoms. The van der Waals surface area contributed by atoms with Crippen molar-refractivity contribution in [3.8, 4) is 11.8 Å². The van der Waals surface area contributed by atoms with Gasteiger partial charge in [0.05, 0.1) is 5.41 Å². The quantitative estimate of drug-likeness (QED) is 0.691. The first-order valence-corrected chi connectivity index (χ1v) is 10.7. The number of aromatic nitrogens is 2. The van der Waals surface area contributed by atoms with Gasteiger partial charge in [-0.15, -0.1) is 0 Å². The van der Waals surface area contributed by atoms with Crippen LogP contribution in [0.2, 0.25) is 0 Å². The van der Waals surface area contributed by atoms with Crippen molar-refractivity contribution in [3.63, 3.8) is 0 Å². The molecule has 1 spiro atoms. The number of carbonyl (C=O) groups is 3. The van der Waals surface area contributed by atoms with E-state index in [9.17, 15) is 14.4 Å². The Morgan fingerprint density at radius 2 is 1.74 bits per heavy atom. The van der Waals surface area contributed by atoms with Gasteiger partial charge in [-0.25, -0.2) is 9.97 Å². The van der Waals surface area contributed by atoms with Gasteiger partial charge in [0.15, 0.2) is 0 Å². The summed E-state index contributed by atoms with van der Waals surface area (Å²) in [6, 6.07) is 8.80. The molecule has 1 saturated carbocycles. The average molecular weight is 420 g/mol. The molecule has 3 amide bonds. The number of imide groups is 1. The van der Waals surface area contributed by atoms with Crippen LogP contribution in [0.15, 0.2) is 42.7 Å². The van der Waals surface area contributed by atoms with Crippen LogP contribution in [0.4, 0.5) is 0 Å². The van der Waals surface area contributed by atoms with E-state index in [4.69, 9.17) is 4.74 Å². The molecule has 1 aromatic heterocycles. The molecule has 0 atom stereocenters. The molecule has 8 heteroatoms. The smallest absolute Gasteiger partial charge is 0.321 e. The highest BCUT2D eigenvalue weighted by atomic mass is 16.5. The molecule has 0 unspecified atom stereocenters. The highest BCUT2D eigenvalue weighted by Crippen LogP contribution is 2.44. The maximum Gasteiger partial charge on any atom is 0.321 e. The molecule has 8 nitrogen and oxygen atoms in total. The normalized spacial score (nSPS) is 20.4. The summed E-state index contributed by atoms with van der Waals surface area (Å²) >= 11 is 0. The lowest BCUT2D eigenvalue weighted by Gasteiger charge is -2.37. The number of hydrogen-bond donors (Lipinski definition) is 0. The van der Waals surface area contributed by atoms with Crippen LogP contribution in [-0.4, -0.2) is 57.1 Å². The highest BCUT2D eigenvalue weighted by Gasteiger charge is 2.53. The number of ether oxygens (including phenoxy) is 1. The Hall–Kier alpha value is -3.29. The van der Waals surface area contributed by atoms with Gasteiger partial charge < -0.3 is 9.64 Å². The maximum atomic E-state index is 13.0. The van der Waals surface area contributed by atoms with Gasteiger partial charge in [0.2, 0.25) is 11.8 Å². The van der Waals surface area contributed by atoms with E-state index in [1.165, 1.54) is 4.90 Å². The topological polar surface area (TPSA) is 92.7 Å². The average Bonchev–Trinajstić information content (AvgIpc) is 3.59. The monoisotopic (exact) mass is 420 g/mol. The number of piperidine rings is 1. The van der Waals surface area contributed by atoms with E-state index in [0.29, 0.717) is 49.7 Å². The summed E-state index contributed by atoms with van der Waals surface area (Å²) in [5.74, 6) is 0.885. The molecule has 1 aliphatic carbocycles. The van der Waals surface area contributed by atoms with E-state index in [1.54, 1.807) is 47.6 Å². The standard InChI is InChI=1S/C23H24N4O4/c28-19-14-23(21(30)27(19)15-16-2-3-16)8-12-26(13-9-23)20(29)17-4-6-18(7-5-17)31-22-24-10-1-11-25-22/h1,4-7,10-11,16H,2-3,8-9,12-15H2. The molecule has 5 rings (SSSR count). The highest BCUT2D eigenvalue weighted by molar-refractivity contribution is 6.06. The number of carbonyl (C=O) groups excluding carboxylic acids is 3. The molecule has 2 saturated heterocycles. The second-order valence-corrected chi connectivity index (χ2v) is 8.66. The fourth-order valence-corrected chi connectivity index (χ4v) is 4.42. The first-order valence-electron chi connectivity index (χ1n) is 10.7. The van der Waals surface area contributed by atoms with Crippen LogP contribution in [0, 0.1) is 11.3 Å². The van der Waals surface area contributed by atoms with E-state index >= 15 is 0 Å². The zero-order valence-electron chi connectivity index (χ0n) is 17.2. The Morgan fingerprint density at radius 1 is 1.06 bits per heavy atom. The Morgan fingerprint density at radius 3 is 2.39 bits per heavy atom. The summed E-state index contributed by atoms with van der Waals surface area (Å²) < 4.78 is 5.56. The third kappa shape index (κ3) is 3.89. The Labute approximate surface area is 180 Å². The molecule has 3 aliphatic rings. The van der Waals surface area contributed by atoms with Crippen molar-refractivity contribution in [1.29, 1.82) is 0 Å². The van der Waals surface area contributed by atoms with Crippen molar-refractivity contribution in [2.45, 2.75) is 32.1 Å². The van der Waals surface area contributed by atoms with Crippen molar-refractivity contribution in [2.75, 3.05) is 19.6 Å². The van der Waals surface area contributed by atoms with Crippen LogP contribution < -0.4 is 4.74 Å². The second kappa shape index (κ2) is 7.76. The molecule has 3 heterocycles. The van der Waals surface area contributed by atoms with E-state index < -0.39 is 5.41 Å². The number of amides is 3. The van der Waals surface area contributed by atoms with Gasteiger partial charge in [0.25, 0.3) is 5.91 Å². The summed E-state index contributed by atoms with van der Waals surface area (Å²) in [7, 11) is 0. The maximum absolute atomic E-state index is 13.0. The Kier molecular flexibility index (Phi) is 4.92. The van der Waals surface area contributed by atoms with Crippen molar-refractivity contribution in [3.05, 3.63) is 48.3 Å². The first kappa shape index (κ1) is 19.7. The summed E-state index contributed by atoms with van der Waals surface area (Å²) in [5.41, 5.74) is -0.0580. The number of likely N-dealkylation sites (tertiary alicyclic amines) is 2. The minimum atomic E-state index is -0.615. The molecular weight excluding hydrogens is 396 g/mol. The first-order chi connectivity index (χ1) is 15.0. The summed E-state index contributed by atoms with van der Waals surface area (Å²) in [5, 5.41) is 0. The minimum Gasteiger partial charge on any atom is -0.424 e. The van der Waals surface area contributed by atoms with Crippen LogP contribution in [0.3, 0.4) is 0 Å². The molecular formula is C23H24N4O4. The molecule has 3 fully saturated rings. The fraction of sp³-hybridized carbons (Fsp3) is 0.435. The lowest BCUT2D eigenvalue weighted by Crippen LogP contribution is -2.46. The zero-order chi connectivity index (χ0) is 21.4. The van der Waals surface area contributed by atoms with Crippen molar-refractivity contribution in [1.82, 2.24) is 19.8 Å². The van der Waals surface area contributed by atoms with E-state index in [-0.39, 0.29) is 30.2 Å². The third-order valence-corrected chi connectivity index (χ3v) is 6.49. The molecule has 1 aromatic carbocycles. The van der Waals surface area contributed by atoms with Crippen LogP contribution in [0.25, 0.3) is 0 Å². The number of nitrogens with zero attached hydrogens (tertiary/aromatic N) is 4. The van der Waals surface area contributed by atoms with E-state index in [2.05, 4.69) is 9.97 Å². The SMILES string of the molecule is O=C(c1ccc(Oc2ncccn2)cc1)N1CCC2(CC1)CC(=O)N(CC1CC1)C2=O. The predicted octanol–water partition coefficient (Wildman–Crippen LogP) is 2.66. The number of hydrogen-bond acceptors (Lipinski definition) is 6. The Bertz CT molecular complexity index is 996. The summed E-state index contributed by atoms with van der Waals surface area (Å²) in [6.45, 7) is 1.53. The third-order valence-electron chi connectivity index (χ3n) is 6.49. The van der Waals surface area contributed by atoms with Crippen LogP contribution in [0.5, 0.6) is 11.8 Å². The van der Waals surface area contributed by atoms with Crippen molar-refractivity contribution >= 4 is 17.7 Å². The van der Waals surface area contributed by atoms with E-state index in [1.807, 2.05) is 0 Å². The molecule has 0 N–H and O–H groups in total. The molecule has 0 radical (unpaired) electrons. The van der Waals surface area contributed by atoms with Gasteiger partial charge in [-0.2, -0.15) is 0 Å².